The lowest BCUT2D eigenvalue weighted by atomic mass is 10.3. The van der Waals surface area contributed by atoms with Gasteiger partial charge in [-0.3, -0.25) is 4.79 Å². The van der Waals surface area contributed by atoms with Crippen LogP contribution in [0.1, 0.15) is 25.2 Å². The third-order valence-electron chi connectivity index (χ3n) is 1.74. The number of ether oxygens (including phenoxy) is 1. The highest BCUT2D eigenvalue weighted by Crippen LogP contribution is 2.12. The Balaban J connectivity index is 2.87. The zero-order valence-electron chi connectivity index (χ0n) is 9.20. The Morgan fingerprint density at radius 1 is 1.60 bits per heavy atom. The number of nitrogens with zero attached hydrogens (tertiary/aromatic N) is 2. The second-order valence-electron chi connectivity index (χ2n) is 3.11. The zero-order valence-corrected chi connectivity index (χ0v) is 9.20. The lowest BCUT2D eigenvalue weighted by molar-refractivity contribution is -0.114. The zero-order chi connectivity index (χ0) is 11.3. The van der Waals surface area contributed by atoms with Gasteiger partial charge in [0, 0.05) is 25.3 Å². The van der Waals surface area contributed by atoms with Crippen molar-refractivity contribution in [1.82, 2.24) is 9.97 Å². The number of aryl methyl sites for hydroxylation is 1. The Morgan fingerprint density at radius 2 is 2.33 bits per heavy atom. The monoisotopic (exact) mass is 209 g/mol. The number of amides is 1. The third-order valence-corrected chi connectivity index (χ3v) is 1.74. The summed E-state index contributed by atoms with van der Waals surface area (Å²) in [5, 5.41) is 2.65. The molecule has 0 radical (unpaired) electrons. The number of hydrogen-bond donors (Lipinski definition) is 1. The molecule has 1 aromatic rings. The van der Waals surface area contributed by atoms with Crippen LogP contribution in [0.2, 0.25) is 0 Å². The molecule has 0 unspecified atom stereocenters. The van der Waals surface area contributed by atoms with Crippen molar-refractivity contribution in [3.05, 3.63) is 17.6 Å². The summed E-state index contributed by atoms with van der Waals surface area (Å²) in [6, 6.07) is 0. The molecule has 0 spiro atoms. The molecule has 0 aliphatic heterocycles. The van der Waals surface area contributed by atoms with Crippen LogP contribution < -0.4 is 5.32 Å². The SMILES string of the molecule is CCOCc1cnc(C)nc1NC(C)=O. The molecule has 0 bridgehead atoms. The third kappa shape index (κ3) is 3.63. The molecule has 82 valence electrons. The fourth-order valence-electron chi connectivity index (χ4n) is 1.09. The van der Waals surface area contributed by atoms with Crippen molar-refractivity contribution in [3.63, 3.8) is 0 Å². The van der Waals surface area contributed by atoms with E-state index in [4.69, 9.17) is 4.74 Å². The summed E-state index contributed by atoms with van der Waals surface area (Å²) >= 11 is 0. The van der Waals surface area contributed by atoms with E-state index in [1.54, 1.807) is 13.1 Å². The fourth-order valence-corrected chi connectivity index (χ4v) is 1.09. The standard InChI is InChI=1S/C10H15N3O2/c1-4-15-6-9-5-11-7(2)12-10(9)13-8(3)14/h5H,4,6H2,1-3H3,(H,11,12,13,14). The molecular formula is C10H15N3O2. The van der Waals surface area contributed by atoms with E-state index in [1.165, 1.54) is 6.92 Å². The second kappa shape index (κ2) is 5.41. The first-order valence-corrected chi connectivity index (χ1v) is 4.81. The van der Waals surface area contributed by atoms with E-state index < -0.39 is 0 Å². The lowest BCUT2D eigenvalue weighted by Gasteiger charge is -2.08. The molecule has 1 heterocycles. The number of aromatic nitrogens is 2. The molecule has 0 aliphatic carbocycles. The van der Waals surface area contributed by atoms with Crippen molar-refractivity contribution in [2.24, 2.45) is 0 Å². The summed E-state index contributed by atoms with van der Waals surface area (Å²) in [7, 11) is 0. The molecule has 0 atom stereocenters. The number of carbonyl (C=O) groups is 1. The molecule has 0 fully saturated rings. The average Bonchev–Trinajstić information content (AvgIpc) is 2.16. The van der Waals surface area contributed by atoms with Gasteiger partial charge in [-0.05, 0) is 13.8 Å². The number of carbonyl (C=O) groups excluding carboxylic acids is 1. The minimum Gasteiger partial charge on any atom is -0.377 e. The first-order chi connectivity index (χ1) is 7.13. The van der Waals surface area contributed by atoms with Gasteiger partial charge in [-0.2, -0.15) is 0 Å². The number of rotatable bonds is 4. The maximum Gasteiger partial charge on any atom is 0.222 e. The maximum absolute atomic E-state index is 10.9. The molecule has 0 aromatic carbocycles. The number of nitrogens with one attached hydrogen (secondary N) is 1. The van der Waals surface area contributed by atoms with Crippen molar-refractivity contribution in [3.8, 4) is 0 Å². The smallest absolute Gasteiger partial charge is 0.222 e. The fraction of sp³-hybridized carbons (Fsp3) is 0.500. The normalized spacial score (nSPS) is 10.1. The molecule has 0 aliphatic rings. The van der Waals surface area contributed by atoms with Crippen LogP contribution in [0.4, 0.5) is 5.82 Å². The largest absolute Gasteiger partial charge is 0.377 e. The molecule has 1 amide bonds. The topological polar surface area (TPSA) is 64.1 Å². The molecular weight excluding hydrogens is 194 g/mol. The molecule has 15 heavy (non-hydrogen) atoms. The van der Waals surface area contributed by atoms with Crippen LogP contribution in [0, 0.1) is 6.92 Å². The van der Waals surface area contributed by atoms with Gasteiger partial charge in [0.1, 0.15) is 11.6 Å². The predicted molar refractivity (Wildman–Crippen MR) is 56.4 cm³/mol. The first kappa shape index (κ1) is 11.6. The van der Waals surface area contributed by atoms with Crippen molar-refractivity contribution in [2.75, 3.05) is 11.9 Å². The number of anilines is 1. The van der Waals surface area contributed by atoms with Gasteiger partial charge >= 0.3 is 0 Å². The summed E-state index contributed by atoms with van der Waals surface area (Å²) in [5.41, 5.74) is 0.789. The van der Waals surface area contributed by atoms with Gasteiger partial charge in [0.2, 0.25) is 5.91 Å². The van der Waals surface area contributed by atoms with Crippen molar-refractivity contribution < 1.29 is 9.53 Å². The molecule has 0 saturated carbocycles. The van der Waals surface area contributed by atoms with Crippen LogP contribution >= 0.6 is 0 Å². The summed E-state index contributed by atoms with van der Waals surface area (Å²) in [6.07, 6.45) is 1.67. The summed E-state index contributed by atoms with van der Waals surface area (Å²) in [6.45, 7) is 6.16. The number of hydrogen-bond acceptors (Lipinski definition) is 4. The van der Waals surface area contributed by atoms with Crippen molar-refractivity contribution in [2.45, 2.75) is 27.4 Å². The Hall–Kier alpha value is -1.49. The van der Waals surface area contributed by atoms with Crippen LogP contribution in [-0.2, 0) is 16.1 Å². The average molecular weight is 209 g/mol. The van der Waals surface area contributed by atoms with Gasteiger partial charge < -0.3 is 10.1 Å². The minimum atomic E-state index is -0.147. The Kier molecular flexibility index (Phi) is 4.17. The summed E-state index contributed by atoms with van der Waals surface area (Å²) in [4.78, 5) is 19.1. The summed E-state index contributed by atoms with van der Waals surface area (Å²) < 4.78 is 5.25. The van der Waals surface area contributed by atoms with E-state index in [9.17, 15) is 4.79 Å². The maximum atomic E-state index is 10.9. The summed E-state index contributed by atoms with van der Waals surface area (Å²) in [5.74, 6) is 1.01. The van der Waals surface area contributed by atoms with Gasteiger partial charge in [-0.1, -0.05) is 0 Å². The van der Waals surface area contributed by atoms with Crippen molar-refractivity contribution in [1.29, 1.82) is 0 Å². The van der Waals surface area contributed by atoms with E-state index in [1.807, 2.05) is 6.92 Å². The van der Waals surface area contributed by atoms with Crippen LogP contribution in [0.15, 0.2) is 6.20 Å². The van der Waals surface area contributed by atoms with Gasteiger partial charge in [0.05, 0.1) is 6.61 Å². The quantitative estimate of drug-likeness (QED) is 0.811. The van der Waals surface area contributed by atoms with E-state index in [0.717, 1.165) is 5.56 Å². The Labute approximate surface area is 88.9 Å². The van der Waals surface area contributed by atoms with Crippen molar-refractivity contribution >= 4 is 11.7 Å². The van der Waals surface area contributed by atoms with Gasteiger partial charge in [0.15, 0.2) is 0 Å². The molecule has 1 aromatic heterocycles. The molecule has 5 heteroatoms. The van der Waals surface area contributed by atoms with E-state index in [2.05, 4.69) is 15.3 Å². The highest BCUT2D eigenvalue weighted by molar-refractivity contribution is 5.88. The van der Waals surface area contributed by atoms with Gasteiger partial charge in [-0.25, -0.2) is 9.97 Å². The molecule has 1 N–H and O–H groups in total. The highest BCUT2D eigenvalue weighted by atomic mass is 16.5. The molecule has 1 rings (SSSR count). The van der Waals surface area contributed by atoms with Gasteiger partial charge in [-0.15, -0.1) is 0 Å². The van der Waals surface area contributed by atoms with Crippen LogP contribution in [0.3, 0.4) is 0 Å². The minimum absolute atomic E-state index is 0.147. The Bertz CT molecular complexity index is 353. The van der Waals surface area contributed by atoms with E-state index in [-0.39, 0.29) is 5.91 Å². The van der Waals surface area contributed by atoms with Gasteiger partial charge in [0.25, 0.3) is 0 Å². The Morgan fingerprint density at radius 3 is 2.93 bits per heavy atom. The lowest BCUT2D eigenvalue weighted by Crippen LogP contribution is -2.12. The van der Waals surface area contributed by atoms with E-state index >= 15 is 0 Å². The molecule has 5 nitrogen and oxygen atoms in total. The van der Waals surface area contributed by atoms with Crippen LogP contribution in [0.25, 0.3) is 0 Å². The first-order valence-electron chi connectivity index (χ1n) is 4.81. The highest BCUT2D eigenvalue weighted by Gasteiger charge is 2.06. The predicted octanol–water partition coefficient (Wildman–Crippen LogP) is 1.28. The van der Waals surface area contributed by atoms with Crippen LogP contribution in [-0.4, -0.2) is 22.5 Å². The van der Waals surface area contributed by atoms with E-state index in [0.29, 0.717) is 24.9 Å². The van der Waals surface area contributed by atoms with Crippen LogP contribution in [0.5, 0.6) is 0 Å². The second-order valence-corrected chi connectivity index (χ2v) is 3.11. The molecule has 0 saturated heterocycles.